The maximum absolute atomic E-state index is 12.0. The Morgan fingerprint density at radius 2 is 2.00 bits per heavy atom. The normalized spacial score (nSPS) is 11.2. The highest BCUT2D eigenvalue weighted by molar-refractivity contribution is 7.92. The molecular weight excluding hydrogens is 274 g/mol. The number of halogens is 1. The summed E-state index contributed by atoms with van der Waals surface area (Å²) in [6.07, 6.45) is 2.77. The minimum atomic E-state index is -3.66. The van der Waals surface area contributed by atoms with E-state index in [1.165, 1.54) is 18.5 Å². The molecule has 0 aliphatic heterocycles. The standard InChI is InChI=1S/C11H10ClN3O2S/c12-7-9-4-5-10(8-14-9)18(16,17)15-11-3-1-2-6-13-11/h1-6,8H,7H2,(H,13,15). The summed E-state index contributed by atoms with van der Waals surface area (Å²) in [5, 5.41) is 0. The van der Waals surface area contributed by atoms with Crippen LogP contribution in [0.1, 0.15) is 5.69 Å². The molecule has 7 heteroatoms. The first-order valence-corrected chi connectivity index (χ1v) is 7.08. The number of hydrogen-bond donors (Lipinski definition) is 1. The average molecular weight is 284 g/mol. The van der Waals surface area contributed by atoms with E-state index in [0.717, 1.165) is 0 Å². The minimum Gasteiger partial charge on any atom is -0.263 e. The zero-order valence-corrected chi connectivity index (χ0v) is 10.8. The summed E-state index contributed by atoms with van der Waals surface area (Å²) in [5.74, 6) is 0.507. The van der Waals surface area contributed by atoms with Crippen molar-refractivity contribution < 1.29 is 8.42 Å². The van der Waals surface area contributed by atoms with E-state index in [0.29, 0.717) is 5.69 Å². The maximum atomic E-state index is 12.0. The van der Waals surface area contributed by atoms with E-state index in [9.17, 15) is 8.42 Å². The first-order chi connectivity index (χ1) is 8.62. The number of nitrogens with one attached hydrogen (secondary N) is 1. The second-order valence-corrected chi connectivity index (χ2v) is 5.39. The van der Waals surface area contributed by atoms with E-state index in [4.69, 9.17) is 11.6 Å². The monoisotopic (exact) mass is 283 g/mol. The van der Waals surface area contributed by atoms with Crippen LogP contribution in [0.25, 0.3) is 0 Å². The summed E-state index contributed by atoms with van der Waals surface area (Å²) < 4.78 is 26.3. The lowest BCUT2D eigenvalue weighted by Gasteiger charge is -2.06. The summed E-state index contributed by atoms with van der Waals surface area (Å²) in [7, 11) is -3.66. The van der Waals surface area contributed by atoms with Crippen LogP contribution >= 0.6 is 11.6 Å². The first-order valence-electron chi connectivity index (χ1n) is 5.06. The smallest absolute Gasteiger partial charge is 0.263 e. The fraction of sp³-hybridized carbons (Fsp3) is 0.0909. The number of nitrogens with zero attached hydrogens (tertiary/aromatic N) is 2. The summed E-state index contributed by atoms with van der Waals surface area (Å²) in [5.41, 5.74) is 0.619. The quantitative estimate of drug-likeness (QED) is 0.871. The van der Waals surface area contributed by atoms with E-state index in [2.05, 4.69) is 14.7 Å². The predicted octanol–water partition coefficient (Wildman–Crippen LogP) is 2.02. The van der Waals surface area contributed by atoms with Crippen LogP contribution in [0.5, 0.6) is 0 Å². The van der Waals surface area contributed by atoms with Crippen molar-refractivity contribution in [1.82, 2.24) is 9.97 Å². The molecule has 0 fully saturated rings. The third kappa shape index (κ3) is 2.96. The molecule has 2 aromatic rings. The molecule has 0 saturated heterocycles. The number of alkyl halides is 1. The van der Waals surface area contributed by atoms with E-state index in [1.54, 1.807) is 24.3 Å². The van der Waals surface area contributed by atoms with E-state index in [1.807, 2.05) is 0 Å². The van der Waals surface area contributed by atoms with Crippen molar-refractivity contribution in [2.75, 3.05) is 4.72 Å². The Morgan fingerprint density at radius 3 is 2.56 bits per heavy atom. The van der Waals surface area contributed by atoms with Crippen LogP contribution in [-0.4, -0.2) is 18.4 Å². The van der Waals surface area contributed by atoms with Gasteiger partial charge in [0.25, 0.3) is 10.0 Å². The van der Waals surface area contributed by atoms with Gasteiger partial charge in [-0.3, -0.25) is 9.71 Å². The highest BCUT2D eigenvalue weighted by Gasteiger charge is 2.14. The molecule has 1 N–H and O–H groups in total. The predicted molar refractivity (Wildman–Crippen MR) is 68.8 cm³/mol. The Kier molecular flexibility index (Phi) is 3.78. The molecule has 0 unspecified atom stereocenters. The molecular formula is C11H10ClN3O2S. The van der Waals surface area contributed by atoms with Crippen molar-refractivity contribution in [3.63, 3.8) is 0 Å². The lowest BCUT2D eigenvalue weighted by Crippen LogP contribution is -2.14. The molecule has 0 aliphatic rings. The fourth-order valence-corrected chi connectivity index (χ4v) is 2.38. The molecule has 0 spiro atoms. The van der Waals surface area contributed by atoms with Crippen LogP contribution in [0.4, 0.5) is 5.82 Å². The lowest BCUT2D eigenvalue weighted by molar-refractivity contribution is 0.600. The summed E-state index contributed by atoms with van der Waals surface area (Å²) >= 11 is 5.59. The van der Waals surface area contributed by atoms with Gasteiger partial charge in [0.15, 0.2) is 0 Å². The SMILES string of the molecule is O=S(=O)(Nc1ccccn1)c1ccc(CCl)nc1. The molecule has 2 heterocycles. The Bertz CT molecular complexity index is 614. The highest BCUT2D eigenvalue weighted by Crippen LogP contribution is 2.13. The molecule has 2 aromatic heterocycles. The van der Waals surface area contributed by atoms with Crippen molar-refractivity contribution in [2.45, 2.75) is 10.8 Å². The van der Waals surface area contributed by atoms with E-state index in [-0.39, 0.29) is 16.6 Å². The molecule has 0 atom stereocenters. The number of aromatic nitrogens is 2. The Hall–Kier alpha value is -1.66. The van der Waals surface area contributed by atoms with Crippen molar-refractivity contribution >= 4 is 27.4 Å². The number of sulfonamides is 1. The van der Waals surface area contributed by atoms with Crippen LogP contribution in [-0.2, 0) is 15.9 Å². The molecule has 0 amide bonds. The van der Waals surface area contributed by atoms with Gasteiger partial charge in [-0.1, -0.05) is 6.07 Å². The molecule has 0 radical (unpaired) electrons. The molecule has 2 rings (SSSR count). The topological polar surface area (TPSA) is 72.0 Å². The van der Waals surface area contributed by atoms with Gasteiger partial charge in [-0.05, 0) is 24.3 Å². The zero-order chi connectivity index (χ0) is 13.0. The van der Waals surface area contributed by atoms with Gasteiger partial charge >= 0.3 is 0 Å². The van der Waals surface area contributed by atoms with Gasteiger partial charge in [0, 0.05) is 12.4 Å². The first kappa shape index (κ1) is 12.8. The van der Waals surface area contributed by atoms with Gasteiger partial charge in [0.05, 0.1) is 11.6 Å². The highest BCUT2D eigenvalue weighted by atomic mass is 35.5. The summed E-state index contributed by atoms with van der Waals surface area (Å²) in [6.45, 7) is 0. The third-order valence-corrected chi connectivity index (χ3v) is 3.76. The molecule has 0 bridgehead atoms. The summed E-state index contributed by atoms with van der Waals surface area (Å²) in [6, 6.07) is 7.99. The van der Waals surface area contributed by atoms with Gasteiger partial charge in [-0.2, -0.15) is 0 Å². The van der Waals surface area contributed by atoms with Gasteiger partial charge in [0.1, 0.15) is 10.7 Å². The lowest BCUT2D eigenvalue weighted by atomic mass is 10.4. The Balaban J connectivity index is 2.25. The van der Waals surface area contributed by atoms with Crippen molar-refractivity contribution in [3.05, 3.63) is 48.4 Å². The largest absolute Gasteiger partial charge is 0.264 e. The molecule has 5 nitrogen and oxygen atoms in total. The van der Waals surface area contributed by atoms with Crippen LogP contribution in [0.3, 0.4) is 0 Å². The van der Waals surface area contributed by atoms with Crippen LogP contribution < -0.4 is 4.72 Å². The number of hydrogen-bond acceptors (Lipinski definition) is 4. The second kappa shape index (κ2) is 5.32. The van der Waals surface area contributed by atoms with Gasteiger partial charge in [-0.25, -0.2) is 13.4 Å². The number of pyridine rings is 2. The van der Waals surface area contributed by atoms with Crippen LogP contribution in [0.15, 0.2) is 47.6 Å². The van der Waals surface area contributed by atoms with Crippen molar-refractivity contribution in [2.24, 2.45) is 0 Å². The minimum absolute atomic E-state index is 0.0713. The Morgan fingerprint density at radius 1 is 1.17 bits per heavy atom. The number of rotatable bonds is 4. The third-order valence-electron chi connectivity index (χ3n) is 2.15. The van der Waals surface area contributed by atoms with E-state index < -0.39 is 10.0 Å². The molecule has 0 saturated carbocycles. The van der Waals surface area contributed by atoms with E-state index >= 15 is 0 Å². The van der Waals surface area contributed by atoms with Crippen LogP contribution in [0, 0.1) is 0 Å². The van der Waals surface area contributed by atoms with Crippen molar-refractivity contribution in [3.8, 4) is 0 Å². The molecule has 18 heavy (non-hydrogen) atoms. The maximum Gasteiger partial charge on any atom is 0.264 e. The molecule has 0 aromatic carbocycles. The second-order valence-electron chi connectivity index (χ2n) is 3.44. The van der Waals surface area contributed by atoms with Gasteiger partial charge < -0.3 is 0 Å². The van der Waals surface area contributed by atoms with Gasteiger partial charge in [0.2, 0.25) is 0 Å². The zero-order valence-electron chi connectivity index (χ0n) is 9.25. The summed E-state index contributed by atoms with van der Waals surface area (Å²) in [4.78, 5) is 7.90. The van der Waals surface area contributed by atoms with Crippen LogP contribution in [0.2, 0.25) is 0 Å². The Labute approximate surface area is 110 Å². The van der Waals surface area contributed by atoms with Crippen molar-refractivity contribution in [1.29, 1.82) is 0 Å². The average Bonchev–Trinajstić information content (AvgIpc) is 2.39. The molecule has 0 aliphatic carbocycles. The molecule has 94 valence electrons. The number of anilines is 1. The van der Waals surface area contributed by atoms with Gasteiger partial charge in [-0.15, -0.1) is 11.6 Å². The fourth-order valence-electron chi connectivity index (χ4n) is 1.27.